The molecule has 3 rings (SSSR count). The Kier molecular flexibility index (Phi) is 24.4. The normalized spacial score (nSPS) is 28.3. The Morgan fingerprint density at radius 2 is 0.469 bits per heavy atom. The Bertz CT molecular complexity index is 1110. The summed E-state index contributed by atoms with van der Waals surface area (Å²) in [6, 6.07) is 28.4. The fraction of sp³-hybridized carbons (Fsp3) is 1.00. The van der Waals surface area contributed by atoms with Gasteiger partial charge in [0.1, 0.15) is 0 Å². The van der Waals surface area contributed by atoms with Crippen molar-refractivity contribution in [3.05, 3.63) is 0 Å². The van der Waals surface area contributed by atoms with E-state index in [4.69, 9.17) is 0 Å². The van der Waals surface area contributed by atoms with Crippen molar-refractivity contribution >= 4 is 48.4 Å². The first-order valence-corrected chi connectivity index (χ1v) is 49.0. The zero-order valence-corrected chi connectivity index (χ0v) is 55.2. The van der Waals surface area contributed by atoms with Crippen LogP contribution in [-0.2, 0) is 14.1 Å². The third-order valence-corrected chi connectivity index (χ3v) is 72.2. The van der Waals surface area contributed by atoms with Gasteiger partial charge in [-0.2, -0.15) is 0 Å². The van der Waals surface area contributed by atoms with Gasteiger partial charge < -0.3 is 0 Å². The van der Waals surface area contributed by atoms with Crippen molar-refractivity contribution in [2.45, 2.75) is 358 Å². The molecule has 3 aliphatic rings. The van der Waals surface area contributed by atoms with E-state index in [2.05, 4.69) is 125 Å². The van der Waals surface area contributed by atoms with Crippen LogP contribution in [0.25, 0.3) is 0 Å². The van der Waals surface area contributed by atoms with E-state index in [0.717, 1.165) is 16.6 Å². The molecule has 6 unspecified atom stereocenters. The summed E-state index contributed by atoms with van der Waals surface area (Å²) in [6.45, 7) is 49.8. The van der Waals surface area contributed by atoms with Crippen LogP contribution in [0.5, 0.6) is 0 Å². The molecule has 7 heteroatoms. The summed E-state index contributed by atoms with van der Waals surface area (Å²) in [6.07, 6.45) is 19.4. The minimum absolute atomic E-state index is 0.715. The fourth-order valence-electron chi connectivity index (χ4n) is 20.4. The Hall–Kier alpha value is 1.83. The van der Waals surface area contributed by atoms with Crippen molar-refractivity contribution in [3.63, 3.8) is 0 Å². The molecule has 0 bridgehead atoms. The minimum atomic E-state index is -1.62. The van der Waals surface area contributed by atoms with Crippen molar-refractivity contribution in [2.75, 3.05) is 0 Å². The van der Waals surface area contributed by atoms with Crippen molar-refractivity contribution in [1.82, 2.24) is 0 Å². The Morgan fingerprint density at radius 3 is 0.625 bits per heavy atom. The third kappa shape index (κ3) is 10.1. The summed E-state index contributed by atoms with van der Waals surface area (Å²) in [5.74, 6) is 0. The van der Waals surface area contributed by atoms with E-state index in [0.29, 0.717) is 15.1 Å². The van der Waals surface area contributed by atoms with Gasteiger partial charge >= 0.3 is 421 Å². The molecule has 0 radical (unpaired) electrons. The van der Waals surface area contributed by atoms with Crippen LogP contribution >= 0.6 is 0 Å². The predicted molar refractivity (Wildman–Crippen MR) is 312 cm³/mol. The average Bonchev–Trinajstić information content (AvgIpc) is 3.34. The molecule has 6 atom stereocenters. The Balaban J connectivity index is 2.73. The molecule has 0 aliphatic heterocycles. The van der Waals surface area contributed by atoms with E-state index in [1.165, 1.54) is 0 Å². The molecule has 0 aromatic rings. The van der Waals surface area contributed by atoms with E-state index in [-0.39, 0.29) is 0 Å². The molecule has 0 heterocycles. The van der Waals surface area contributed by atoms with Gasteiger partial charge in [0, 0.05) is 0 Å². The van der Waals surface area contributed by atoms with Gasteiger partial charge in [-0.3, -0.25) is 0 Å². The van der Waals surface area contributed by atoms with Crippen molar-refractivity contribution < 1.29 is 14.1 Å². The molecule has 0 N–H and O–H groups in total. The third-order valence-electron chi connectivity index (χ3n) is 25.3. The van der Waals surface area contributed by atoms with Gasteiger partial charge in [0.25, 0.3) is 0 Å². The molecule has 0 spiro atoms. The molecule has 3 fully saturated rings. The Morgan fingerprint density at radius 1 is 0.281 bits per heavy atom. The fourth-order valence-corrected chi connectivity index (χ4v) is 71.2. The van der Waals surface area contributed by atoms with Gasteiger partial charge in [-0.25, -0.2) is 0 Å². The molecule has 0 aromatic carbocycles. The van der Waals surface area contributed by atoms with Gasteiger partial charge in [-0.15, -0.1) is 0 Å². The molecule has 3 aliphatic carbocycles. The van der Waals surface area contributed by atoms with Gasteiger partial charge in [-0.05, 0) is 0 Å². The van der Waals surface area contributed by atoms with E-state index >= 15 is 0 Å². The zero-order valence-electron chi connectivity index (χ0n) is 48.0. The molecule has 0 amide bonds. The van der Waals surface area contributed by atoms with Crippen LogP contribution in [0.15, 0.2) is 0 Å². The summed E-state index contributed by atoms with van der Waals surface area (Å²) in [5, 5.41) is 7.64. The van der Waals surface area contributed by atoms with Gasteiger partial charge in [0.2, 0.25) is 0 Å². The van der Waals surface area contributed by atoms with E-state index in [1.807, 2.05) is 15.8 Å². The quantitative estimate of drug-likeness (QED) is 0.0629. The van der Waals surface area contributed by atoms with Crippen LogP contribution in [0.1, 0.15) is 202 Å². The summed E-state index contributed by atoms with van der Waals surface area (Å²) in [5.41, 5.74) is 3.35. The maximum atomic E-state index is 2.80. The number of hydrogen-bond donors (Lipinski definition) is 0. The van der Waals surface area contributed by atoms with Crippen LogP contribution in [0.2, 0.25) is 156 Å². The van der Waals surface area contributed by atoms with Crippen LogP contribution in [0.3, 0.4) is 0 Å². The van der Waals surface area contributed by atoms with E-state index < -0.39 is 62.6 Å². The average molecular weight is 1030 g/mol. The second kappa shape index (κ2) is 26.0. The zero-order chi connectivity index (χ0) is 48.1. The molecule has 64 heavy (non-hydrogen) atoms. The van der Waals surface area contributed by atoms with Crippen molar-refractivity contribution in [2.24, 2.45) is 0 Å². The molecule has 381 valence electrons. The maximum absolute atomic E-state index is 2.80. The van der Waals surface area contributed by atoms with Crippen LogP contribution in [0.4, 0.5) is 0 Å². The molecular formula is C57H123CrSi6. The molecule has 0 aromatic heterocycles. The van der Waals surface area contributed by atoms with Gasteiger partial charge in [0.05, 0.1) is 0 Å². The van der Waals surface area contributed by atoms with E-state index in [9.17, 15) is 0 Å². The second-order valence-corrected chi connectivity index (χ2v) is 61.1. The van der Waals surface area contributed by atoms with Gasteiger partial charge in [-0.1, -0.05) is 0 Å². The van der Waals surface area contributed by atoms with Gasteiger partial charge in [0.15, 0.2) is 0 Å². The first kappa shape index (κ1) is 60.1. The number of hydrogen-bond acceptors (Lipinski definition) is 0. The topological polar surface area (TPSA) is 0 Å². The summed E-state index contributed by atoms with van der Waals surface area (Å²) < 4.78 is 0. The van der Waals surface area contributed by atoms with Crippen LogP contribution in [0, 0.1) is 0 Å². The number of rotatable bonds is 30. The van der Waals surface area contributed by atoms with Crippen molar-refractivity contribution in [1.29, 1.82) is 0 Å². The first-order chi connectivity index (χ1) is 30.6. The summed E-state index contributed by atoms with van der Waals surface area (Å²) in [4.78, 5) is 0. The molecular weight excluding hydrogens is 905 g/mol. The summed E-state index contributed by atoms with van der Waals surface area (Å²) in [7, 11) is -9.26. The molecule has 0 saturated heterocycles. The Labute approximate surface area is 417 Å². The SMILES string of the molecule is CC[Si](CC)(CC)C1CCCCC1([CH2][Cr]([CH2]C1([Si](CC)(CC)CC)CCCCC1[Si](CC)(CC)CC)[CH2]C1([Si](CC)(CC)CC)CCCCC1[Si](CC)(CC)CC)[Si](CC)(CC)CC. The van der Waals surface area contributed by atoms with Crippen LogP contribution in [-0.4, -0.2) is 48.4 Å². The first-order valence-electron chi connectivity index (χ1n) is 30.3. The predicted octanol–water partition coefficient (Wildman–Crippen LogP) is 23.0. The molecule has 0 nitrogen and oxygen atoms in total. The standard InChI is InChI=1S/3C19H41Si2.Cr/c3*1-8-20(9-2,10-3)18-16-14-15-17-19(18,7)21(11-4,12-5)13-6;/h3*18H,7-17H2,1-6H3;. The van der Waals surface area contributed by atoms with E-state index in [1.54, 1.807) is 186 Å². The second-order valence-electron chi connectivity index (χ2n) is 24.2. The van der Waals surface area contributed by atoms with Crippen LogP contribution < -0.4 is 0 Å². The van der Waals surface area contributed by atoms with Crippen molar-refractivity contribution in [3.8, 4) is 0 Å². The monoisotopic (exact) mass is 1030 g/mol. The summed E-state index contributed by atoms with van der Waals surface area (Å²) >= 11 is -1.11. The molecule has 3 saturated carbocycles.